The molecule has 0 saturated carbocycles. The monoisotopic (exact) mass is 303 g/mol. The quantitative estimate of drug-likeness (QED) is 0.724. The van der Waals surface area contributed by atoms with Gasteiger partial charge in [0.1, 0.15) is 5.82 Å². The highest BCUT2D eigenvalue weighted by molar-refractivity contribution is 5.83. The van der Waals surface area contributed by atoms with Gasteiger partial charge in [0.25, 0.3) is 0 Å². The van der Waals surface area contributed by atoms with Crippen LogP contribution in [0.2, 0.25) is 0 Å². The minimum absolute atomic E-state index is 0.0489. The Bertz CT molecular complexity index is 786. The fourth-order valence-electron chi connectivity index (χ4n) is 2.20. The minimum atomic E-state index is -4.37. The lowest BCUT2D eigenvalue weighted by Gasteiger charge is -2.10. The zero-order chi connectivity index (χ0) is 15.6. The Morgan fingerprint density at radius 3 is 2.55 bits per heavy atom. The maximum absolute atomic E-state index is 12.9. The van der Waals surface area contributed by atoms with Crippen LogP contribution in [-0.4, -0.2) is 16.2 Å². The van der Waals surface area contributed by atoms with Gasteiger partial charge >= 0.3 is 6.18 Å². The van der Waals surface area contributed by atoms with Crippen molar-refractivity contribution in [1.82, 2.24) is 9.97 Å². The van der Waals surface area contributed by atoms with Crippen molar-refractivity contribution in [3.63, 3.8) is 0 Å². The smallest absolute Gasteiger partial charge is 0.337 e. The number of nitrogens with one attached hydrogen (secondary N) is 1. The lowest BCUT2D eigenvalue weighted by molar-refractivity contribution is -0.138. The van der Waals surface area contributed by atoms with Crippen LogP contribution in [0.5, 0.6) is 0 Å². The predicted molar refractivity (Wildman–Crippen MR) is 78.8 cm³/mol. The van der Waals surface area contributed by atoms with Gasteiger partial charge in [-0.25, -0.2) is 4.98 Å². The number of hydrogen-bond donors (Lipinski definition) is 1. The van der Waals surface area contributed by atoms with Crippen LogP contribution >= 0.6 is 0 Å². The second kappa shape index (κ2) is 5.63. The molecule has 0 unspecified atom stereocenters. The molecule has 0 amide bonds. The molecule has 22 heavy (non-hydrogen) atoms. The van der Waals surface area contributed by atoms with Crippen molar-refractivity contribution in [2.24, 2.45) is 4.99 Å². The normalized spacial score (nSPS) is 12.3. The largest absolute Gasteiger partial charge is 0.416 e. The maximum atomic E-state index is 12.9. The van der Waals surface area contributed by atoms with Gasteiger partial charge in [0.15, 0.2) is 0 Å². The summed E-state index contributed by atoms with van der Waals surface area (Å²) in [5.74, 6) is 0.519. The third kappa shape index (κ3) is 3.00. The van der Waals surface area contributed by atoms with Gasteiger partial charge in [-0.15, -0.1) is 0 Å². The molecule has 2 aromatic carbocycles. The first-order valence-corrected chi connectivity index (χ1v) is 6.64. The van der Waals surface area contributed by atoms with E-state index in [0.717, 1.165) is 17.1 Å². The van der Waals surface area contributed by atoms with Crippen molar-refractivity contribution in [2.75, 3.05) is 0 Å². The van der Waals surface area contributed by atoms with Crippen molar-refractivity contribution in [3.8, 4) is 0 Å². The number of H-pyrrole nitrogens is 1. The van der Waals surface area contributed by atoms with E-state index in [4.69, 9.17) is 0 Å². The number of halogens is 3. The topological polar surface area (TPSA) is 41.0 Å². The first-order chi connectivity index (χ1) is 10.5. The molecule has 3 nitrogen and oxygen atoms in total. The molecular weight excluding hydrogens is 291 g/mol. The number of aliphatic imine (C=N–C) groups is 1. The van der Waals surface area contributed by atoms with Gasteiger partial charge in [-0.3, -0.25) is 4.99 Å². The summed E-state index contributed by atoms with van der Waals surface area (Å²) in [4.78, 5) is 11.4. The van der Waals surface area contributed by atoms with Crippen LogP contribution in [0.15, 0.2) is 53.5 Å². The van der Waals surface area contributed by atoms with E-state index in [0.29, 0.717) is 5.82 Å². The minimum Gasteiger partial charge on any atom is -0.337 e. The lowest BCUT2D eigenvalue weighted by Crippen LogP contribution is -2.08. The summed E-state index contributed by atoms with van der Waals surface area (Å²) in [6.07, 6.45) is -2.92. The fraction of sp³-hybridized carbons (Fsp3) is 0.125. The molecule has 1 N–H and O–H groups in total. The molecule has 0 aliphatic rings. The summed E-state index contributed by atoms with van der Waals surface area (Å²) in [6.45, 7) is -0.0489. The number of hydrogen-bond acceptors (Lipinski definition) is 2. The fourth-order valence-corrected chi connectivity index (χ4v) is 2.20. The molecule has 0 bridgehead atoms. The predicted octanol–water partition coefficient (Wildman–Crippen LogP) is 4.20. The van der Waals surface area contributed by atoms with Crippen LogP contribution in [0.25, 0.3) is 11.0 Å². The SMILES string of the molecule is FC(F)(F)c1ccccc1C/N=C/c1nc2ccccc2[nH]1. The molecule has 1 aromatic heterocycles. The Labute approximate surface area is 124 Å². The molecule has 3 rings (SSSR count). The lowest BCUT2D eigenvalue weighted by atomic mass is 10.1. The van der Waals surface area contributed by atoms with Gasteiger partial charge in [0, 0.05) is 0 Å². The van der Waals surface area contributed by atoms with Crippen molar-refractivity contribution in [2.45, 2.75) is 12.7 Å². The average Bonchev–Trinajstić information content (AvgIpc) is 2.89. The Morgan fingerprint density at radius 2 is 1.77 bits per heavy atom. The van der Waals surface area contributed by atoms with E-state index in [1.807, 2.05) is 24.3 Å². The van der Waals surface area contributed by atoms with E-state index >= 15 is 0 Å². The van der Waals surface area contributed by atoms with Gasteiger partial charge in [-0.2, -0.15) is 13.2 Å². The summed E-state index contributed by atoms with van der Waals surface area (Å²) >= 11 is 0. The summed E-state index contributed by atoms with van der Waals surface area (Å²) < 4.78 is 38.6. The zero-order valence-corrected chi connectivity index (χ0v) is 11.4. The van der Waals surface area contributed by atoms with Crippen molar-refractivity contribution in [3.05, 3.63) is 65.5 Å². The Kier molecular flexibility index (Phi) is 3.66. The molecule has 0 saturated heterocycles. The molecule has 3 aromatic rings. The van der Waals surface area contributed by atoms with E-state index in [1.54, 1.807) is 6.07 Å². The second-order valence-corrected chi connectivity index (χ2v) is 4.76. The third-order valence-corrected chi connectivity index (χ3v) is 3.21. The molecule has 6 heteroatoms. The summed E-state index contributed by atoms with van der Waals surface area (Å²) in [7, 11) is 0. The number of aromatic amines is 1. The molecule has 0 spiro atoms. The average molecular weight is 303 g/mol. The molecule has 0 atom stereocenters. The van der Waals surface area contributed by atoms with E-state index in [9.17, 15) is 13.2 Å². The Hall–Kier alpha value is -2.63. The summed E-state index contributed by atoms with van der Waals surface area (Å²) in [6, 6.07) is 12.9. The standard InChI is InChI=1S/C16H12F3N3/c17-16(18,19)12-6-2-1-5-11(12)9-20-10-15-21-13-7-3-4-8-14(13)22-15/h1-8,10H,9H2,(H,21,22)/b20-10+. The summed E-state index contributed by atoms with van der Waals surface area (Å²) in [5.41, 5.74) is 1.14. The maximum Gasteiger partial charge on any atom is 0.416 e. The second-order valence-electron chi connectivity index (χ2n) is 4.76. The van der Waals surface area contributed by atoms with Crippen molar-refractivity contribution >= 4 is 17.2 Å². The molecule has 0 radical (unpaired) electrons. The van der Waals surface area contributed by atoms with Crippen LogP contribution in [0, 0.1) is 0 Å². The van der Waals surface area contributed by atoms with Crippen molar-refractivity contribution < 1.29 is 13.2 Å². The van der Waals surface area contributed by atoms with E-state index in [-0.39, 0.29) is 12.1 Å². The molecule has 0 aliphatic carbocycles. The van der Waals surface area contributed by atoms with Gasteiger partial charge in [-0.05, 0) is 23.8 Å². The van der Waals surface area contributed by atoms with Crippen LogP contribution < -0.4 is 0 Å². The van der Waals surface area contributed by atoms with Gasteiger partial charge < -0.3 is 4.98 Å². The van der Waals surface area contributed by atoms with E-state index < -0.39 is 11.7 Å². The highest BCUT2D eigenvalue weighted by Crippen LogP contribution is 2.32. The number of aromatic nitrogens is 2. The zero-order valence-electron chi connectivity index (χ0n) is 11.4. The Balaban J connectivity index is 1.80. The number of nitrogens with zero attached hydrogens (tertiary/aromatic N) is 2. The van der Waals surface area contributed by atoms with Crippen LogP contribution in [0.3, 0.4) is 0 Å². The highest BCUT2D eigenvalue weighted by atomic mass is 19.4. The van der Waals surface area contributed by atoms with Gasteiger partial charge in [0.05, 0.1) is 29.4 Å². The Morgan fingerprint density at radius 1 is 1.05 bits per heavy atom. The number of fused-ring (bicyclic) bond motifs is 1. The number of benzene rings is 2. The number of alkyl halides is 3. The van der Waals surface area contributed by atoms with E-state index in [1.165, 1.54) is 18.3 Å². The molecule has 1 heterocycles. The van der Waals surface area contributed by atoms with E-state index in [2.05, 4.69) is 15.0 Å². The molecule has 112 valence electrons. The third-order valence-electron chi connectivity index (χ3n) is 3.21. The first kappa shape index (κ1) is 14.3. The van der Waals surface area contributed by atoms with Crippen LogP contribution in [0.1, 0.15) is 17.0 Å². The summed E-state index contributed by atoms with van der Waals surface area (Å²) in [5, 5.41) is 0. The van der Waals surface area contributed by atoms with Gasteiger partial charge in [-0.1, -0.05) is 30.3 Å². The van der Waals surface area contributed by atoms with Crippen LogP contribution in [-0.2, 0) is 12.7 Å². The molecular formula is C16H12F3N3. The first-order valence-electron chi connectivity index (χ1n) is 6.64. The van der Waals surface area contributed by atoms with Crippen LogP contribution in [0.4, 0.5) is 13.2 Å². The molecule has 0 aliphatic heterocycles. The molecule has 0 fully saturated rings. The van der Waals surface area contributed by atoms with Gasteiger partial charge in [0.2, 0.25) is 0 Å². The number of imidazole rings is 1. The highest BCUT2D eigenvalue weighted by Gasteiger charge is 2.32. The number of rotatable bonds is 3. The van der Waals surface area contributed by atoms with Crippen molar-refractivity contribution in [1.29, 1.82) is 0 Å². The number of para-hydroxylation sites is 2.